The zero-order valence-electron chi connectivity index (χ0n) is 13.0. The van der Waals surface area contributed by atoms with Gasteiger partial charge in [0.05, 0.1) is 39.1 Å². The van der Waals surface area contributed by atoms with Crippen molar-refractivity contribution in [1.29, 1.82) is 0 Å². The first-order chi connectivity index (χ1) is 10.8. The number of amides is 1. The van der Waals surface area contributed by atoms with E-state index in [-0.39, 0.29) is 11.8 Å². The first kappa shape index (κ1) is 14.8. The van der Waals surface area contributed by atoms with Crippen LogP contribution in [0, 0.1) is 0 Å². The molecule has 1 heterocycles. The van der Waals surface area contributed by atoms with Crippen LogP contribution in [-0.4, -0.2) is 44.0 Å². The number of benzene rings is 2. The molecule has 114 valence electrons. The Balaban J connectivity index is 1.90. The molecule has 1 amide bonds. The summed E-state index contributed by atoms with van der Waals surface area (Å²) in [5, 5.41) is 0. The lowest BCUT2D eigenvalue weighted by Gasteiger charge is -2.33. The predicted octanol–water partition coefficient (Wildman–Crippen LogP) is 1.18. The van der Waals surface area contributed by atoms with Gasteiger partial charge in [0.1, 0.15) is 0 Å². The molecule has 0 aromatic heterocycles. The molecule has 0 spiro atoms. The Morgan fingerprint density at radius 1 is 0.909 bits per heavy atom. The number of carbonyl (C=O) groups excluding carboxylic acids is 1. The molecule has 0 unspecified atom stereocenters. The average Bonchev–Trinajstić information content (AvgIpc) is 2.57. The molecule has 0 radical (unpaired) electrons. The van der Waals surface area contributed by atoms with Gasteiger partial charge in [-0.1, -0.05) is 60.7 Å². The molecule has 2 aromatic carbocycles. The molecule has 0 bridgehead atoms. The molecule has 1 saturated heterocycles. The van der Waals surface area contributed by atoms with Crippen LogP contribution in [0.3, 0.4) is 0 Å². The smallest absolute Gasteiger partial charge is 0.234 e. The quantitative estimate of drug-likeness (QED) is 0.903. The van der Waals surface area contributed by atoms with Crippen molar-refractivity contribution in [2.75, 3.05) is 33.2 Å². The topological polar surface area (TPSA) is 24.8 Å². The van der Waals surface area contributed by atoms with Gasteiger partial charge in [-0.05, 0) is 11.1 Å². The summed E-state index contributed by atoms with van der Waals surface area (Å²) in [5.41, 5.74) is 2.15. The zero-order chi connectivity index (χ0) is 15.4. The van der Waals surface area contributed by atoms with E-state index >= 15 is 0 Å². The third kappa shape index (κ3) is 3.20. The fraction of sp³-hybridized carbons (Fsp3) is 0.316. The van der Waals surface area contributed by atoms with Crippen molar-refractivity contribution < 1.29 is 9.69 Å². The fourth-order valence-corrected chi connectivity index (χ4v) is 3.06. The van der Waals surface area contributed by atoms with Crippen LogP contribution in [0.2, 0.25) is 0 Å². The van der Waals surface area contributed by atoms with Crippen LogP contribution in [0.25, 0.3) is 0 Å². The maximum absolute atomic E-state index is 13.1. The van der Waals surface area contributed by atoms with Gasteiger partial charge in [0.2, 0.25) is 5.91 Å². The van der Waals surface area contributed by atoms with Gasteiger partial charge < -0.3 is 9.80 Å². The molecule has 3 rings (SSSR count). The van der Waals surface area contributed by atoms with E-state index in [1.54, 1.807) is 0 Å². The molecular weight excluding hydrogens is 272 g/mol. The van der Waals surface area contributed by atoms with Crippen molar-refractivity contribution in [3.63, 3.8) is 0 Å². The number of hydrogen-bond donors (Lipinski definition) is 1. The average molecular weight is 295 g/mol. The lowest BCUT2D eigenvalue weighted by Crippen LogP contribution is -3.12. The molecule has 2 aromatic rings. The molecule has 1 N–H and O–H groups in total. The minimum atomic E-state index is -0.194. The Labute approximate surface area is 132 Å². The van der Waals surface area contributed by atoms with Crippen molar-refractivity contribution >= 4 is 5.91 Å². The third-order valence-corrected chi connectivity index (χ3v) is 4.44. The Morgan fingerprint density at radius 3 is 1.82 bits per heavy atom. The molecule has 3 heteroatoms. The predicted molar refractivity (Wildman–Crippen MR) is 87.9 cm³/mol. The summed E-state index contributed by atoms with van der Waals surface area (Å²) >= 11 is 0. The molecule has 3 nitrogen and oxygen atoms in total. The van der Waals surface area contributed by atoms with Crippen molar-refractivity contribution in [3.8, 4) is 0 Å². The highest BCUT2D eigenvalue weighted by Crippen LogP contribution is 2.26. The summed E-state index contributed by atoms with van der Waals surface area (Å²) < 4.78 is 0. The summed E-state index contributed by atoms with van der Waals surface area (Å²) in [4.78, 5) is 16.6. The lowest BCUT2D eigenvalue weighted by atomic mass is 9.90. The van der Waals surface area contributed by atoms with E-state index in [0.717, 1.165) is 37.3 Å². The molecule has 0 aliphatic carbocycles. The zero-order valence-corrected chi connectivity index (χ0v) is 13.0. The van der Waals surface area contributed by atoms with Gasteiger partial charge in [0.15, 0.2) is 0 Å². The van der Waals surface area contributed by atoms with Crippen LogP contribution in [0.1, 0.15) is 17.0 Å². The first-order valence-electron chi connectivity index (χ1n) is 7.95. The highest BCUT2D eigenvalue weighted by molar-refractivity contribution is 5.87. The number of nitrogens with one attached hydrogen (secondary N) is 1. The summed E-state index contributed by atoms with van der Waals surface area (Å²) in [6.07, 6.45) is 0. The van der Waals surface area contributed by atoms with E-state index in [0.29, 0.717) is 0 Å². The van der Waals surface area contributed by atoms with Gasteiger partial charge >= 0.3 is 0 Å². The Kier molecular flexibility index (Phi) is 4.54. The van der Waals surface area contributed by atoms with Crippen molar-refractivity contribution in [1.82, 2.24) is 4.90 Å². The lowest BCUT2D eigenvalue weighted by molar-refractivity contribution is -0.883. The number of likely N-dealkylation sites (N-methyl/N-ethyl adjacent to an activating group) is 1. The SMILES string of the molecule is C[NH+]1CCN(C(=O)C(c2ccccc2)c2ccccc2)CC1. The van der Waals surface area contributed by atoms with Crippen LogP contribution in [0.4, 0.5) is 0 Å². The molecule has 0 atom stereocenters. The molecule has 1 aliphatic heterocycles. The van der Waals surface area contributed by atoms with Gasteiger partial charge in [-0.3, -0.25) is 4.79 Å². The van der Waals surface area contributed by atoms with E-state index in [2.05, 4.69) is 31.3 Å². The summed E-state index contributed by atoms with van der Waals surface area (Å²) in [5.74, 6) is 0.0331. The molecular formula is C19H23N2O+. The van der Waals surface area contributed by atoms with Gasteiger partial charge in [0.25, 0.3) is 0 Å². The van der Waals surface area contributed by atoms with Gasteiger partial charge in [0, 0.05) is 0 Å². The van der Waals surface area contributed by atoms with Gasteiger partial charge in [-0.25, -0.2) is 0 Å². The van der Waals surface area contributed by atoms with E-state index in [4.69, 9.17) is 0 Å². The molecule has 1 aliphatic rings. The maximum Gasteiger partial charge on any atom is 0.234 e. The van der Waals surface area contributed by atoms with Crippen LogP contribution >= 0.6 is 0 Å². The standard InChI is InChI=1S/C19H22N2O/c1-20-12-14-21(15-13-20)19(22)18(16-8-4-2-5-9-16)17-10-6-3-7-11-17/h2-11,18H,12-15H2,1H3/p+1. The fourth-order valence-electron chi connectivity index (χ4n) is 3.06. The van der Waals surface area contributed by atoms with Crippen LogP contribution in [0.5, 0.6) is 0 Å². The second-order valence-electron chi connectivity index (χ2n) is 6.04. The highest BCUT2D eigenvalue weighted by atomic mass is 16.2. The van der Waals surface area contributed by atoms with E-state index in [1.807, 2.05) is 41.3 Å². The minimum Gasteiger partial charge on any atom is -0.334 e. The Bertz CT molecular complexity index is 564. The Hall–Kier alpha value is -2.13. The third-order valence-electron chi connectivity index (χ3n) is 4.44. The first-order valence-corrected chi connectivity index (χ1v) is 7.95. The summed E-state index contributed by atoms with van der Waals surface area (Å²) in [6.45, 7) is 3.76. The van der Waals surface area contributed by atoms with Gasteiger partial charge in [-0.15, -0.1) is 0 Å². The van der Waals surface area contributed by atoms with Crippen molar-refractivity contribution in [2.24, 2.45) is 0 Å². The van der Waals surface area contributed by atoms with Crippen molar-refractivity contribution in [2.45, 2.75) is 5.92 Å². The minimum absolute atomic E-state index is 0.194. The molecule has 1 fully saturated rings. The van der Waals surface area contributed by atoms with Crippen LogP contribution in [0.15, 0.2) is 60.7 Å². The number of hydrogen-bond acceptors (Lipinski definition) is 1. The normalized spacial score (nSPS) is 16.0. The second-order valence-corrected chi connectivity index (χ2v) is 6.04. The van der Waals surface area contributed by atoms with Crippen molar-refractivity contribution in [3.05, 3.63) is 71.8 Å². The number of carbonyl (C=O) groups is 1. The summed E-state index contributed by atoms with van der Waals surface area (Å²) in [6, 6.07) is 20.2. The number of nitrogens with zero attached hydrogens (tertiary/aromatic N) is 1. The largest absolute Gasteiger partial charge is 0.334 e. The summed E-state index contributed by atoms with van der Waals surface area (Å²) in [7, 11) is 2.19. The molecule has 22 heavy (non-hydrogen) atoms. The van der Waals surface area contributed by atoms with Crippen LogP contribution < -0.4 is 4.90 Å². The van der Waals surface area contributed by atoms with Crippen LogP contribution in [-0.2, 0) is 4.79 Å². The number of piperazine rings is 1. The second kappa shape index (κ2) is 6.75. The monoisotopic (exact) mass is 295 g/mol. The Morgan fingerprint density at radius 2 is 1.36 bits per heavy atom. The number of quaternary nitrogens is 1. The van der Waals surface area contributed by atoms with E-state index in [1.165, 1.54) is 4.90 Å². The maximum atomic E-state index is 13.1. The van der Waals surface area contributed by atoms with Gasteiger partial charge in [-0.2, -0.15) is 0 Å². The van der Waals surface area contributed by atoms with E-state index in [9.17, 15) is 4.79 Å². The van der Waals surface area contributed by atoms with E-state index < -0.39 is 0 Å². The highest BCUT2D eigenvalue weighted by Gasteiger charge is 2.30. The number of rotatable bonds is 3. The molecule has 0 saturated carbocycles.